The number of hydrogen-bond donors (Lipinski definition) is 2. The maximum Gasteiger partial charge on any atom is 0.191 e. The Morgan fingerprint density at radius 2 is 1.72 bits per heavy atom. The standard InChI is InChI=1S/C22H39N5O.HI/c1-5-23-22(24-12-11-20-7-9-21(28-4)10-8-20)25-17-19(3)18-27-15-13-26(6-2)14-16-27;/h7-10,19H,5-6,11-18H2,1-4H3,(H2,23,24,25);1H. The van der Waals surface area contributed by atoms with Crippen LogP contribution in [0.15, 0.2) is 29.3 Å². The number of halogens is 1. The maximum absolute atomic E-state index is 5.21. The van der Waals surface area contributed by atoms with E-state index in [-0.39, 0.29) is 24.0 Å². The molecule has 1 aromatic carbocycles. The van der Waals surface area contributed by atoms with Crippen LogP contribution in [0.25, 0.3) is 0 Å². The Kier molecular flexibility index (Phi) is 13.3. The van der Waals surface area contributed by atoms with Gasteiger partial charge in [-0.15, -0.1) is 24.0 Å². The van der Waals surface area contributed by atoms with Crippen molar-refractivity contribution in [1.29, 1.82) is 0 Å². The topological polar surface area (TPSA) is 52.1 Å². The van der Waals surface area contributed by atoms with Crippen LogP contribution in [0.4, 0.5) is 0 Å². The van der Waals surface area contributed by atoms with Crippen LogP contribution < -0.4 is 15.4 Å². The molecule has 1 atom stereocenters. The minimum atomic E-state index is 0. The van der Waals surface area contributed by atoms with E-state index < -0.39 is 0 Å². The minimum Gasteiger partial charge on any atom is -0.497 e. The number of rotatable bonds is 10. The smallest absolute Gasteiger partial charge is 0.191 e. The van der Waals surface area contributed by atoms with E-state index in [9.17, 15) is 0 Å². The first-order chi connectivity index (χ1) is 13.6. The molecule has 1 fully saturated rings. The van der Waals surface area contributed by atoms with Crippen molar-refractivity contribution in [2.75, 3.05) is 66.0 Å². The van der Waals surface area contributed by atoms with Gasteiger partial charge in [-0.2, -0.15) is 0 Å². The number of nitrogens with zero attached hydrogens (tertiary/aromatic N) is 3. The third kappa shape index (κ3) is 10.00. The van der Waals surface area contributed by atoms with E-state index in [0.29, 0.717) is 5.92 Å². The first-order valence-corrected chi connectivity index (χ1v) is 10.7. The lowest BCUT2D eigenvalue weighted by Gasteiger charge is -2.35. The fraction of sp³-hybridized carbons (Fsp3) is 0.682. The second-order valence-electron chi connectivity index (χ2n) is 7.58. The summed E-state index contributed by atoms with van der Waals surface area (Å²) in [6.07, 6.45) is 0.964. The molecule has 1 heterocycles. The third-order valence-electron chi connectivity index (χ3n) is 5.25. The summed E-state index contributed by atoms with van der Waals surface area (Å²) < 4.78 is 5.21. The zero-order valence-electron chi connectivity index (χ0n) is 18.6. The highest BCUT2D eigenvalue weighted by Gasteiger charge is 2.17. The Bertz CT molecular complexity index is 573. The fourth-order valence-electron chi connectivity index (χ4n) is 3.49. The Labute approximate surface area is 194 Å². The molecule has 166 valence electrons. The monoisotopic (exact) mass is 517 g/mol. The molecule has 1 aliphatic rings. The molecule has 2 rings (SSSR count). The van der Waals surface area contributed by atoms with Gasteiger partial charge in [0.25, 0.3) is 0 Å². The van der Waals surface area contributed by atoms with E-state index in [2.05, 4.69) is 53.3 Å². The molecule has 0 amide bonds. The molecule has 1 saturated heterocycles. The van der Waals surface area contributed by atoms with Crippen LogP contribution in [0.1, 0.15) is 26.3 Å². The van der Waals surface area contributed by atoms with Crippen LogP contribution in [0, 0.1) is 5.92 Å². The molecule has 1 aliphatic heterocycles. The Morgan fingerprint density at radius 3 is 2.31 bits per heavy atom. The summed E-state index contributed by atoms with van der Waals surface area (Å²) in [5, 5.41) is 6.82. The van der Waals surface area contributed by atoms with Crippen molar-refractivity contribution in [2.45, 2.75) is 27.2 Å². The average molecular weight is 518 g/mol. The second-order valence-corrected chi connectivity index (χ2v) is 7.58. The zero-order chi connectivity index (χ0) is 20.2. The Hall–Kier alpha value is -1.06. The van der Waals surface area contributed by atoms with E-state index in [4.69, 9.17) is 9.73 Å². The summed E-state index contributed by atoms with van der Waals surface area (Å²) in [5.74, 6) is 2.38. The van der Waals surface area contributed by atoms with E-state index >= 15 is 0 Å². The minimum absolute atomic E-state index is 0. The SMILES string of the molecule is CCNC(=NCC(C)CN1CCN(CC)CC1)NCCc1ccc(OC)cc1.I. The molecule has 0 saturated carbocycles. The van der Waals surface area contributed by atoms with Crippen LogP contribution >= 0.6 is 24.0 Å². The lowest BCUT2D eigenvalue weighted by Crippen LogP contribution is -2.47. The van der Waals surface area contributed by atoms with Crippen LogP contribution in [0.2, 0.25) is 0 Å². The highest BCUT2D eigenvalue weighted by Crippen LogP contribution is 2.11. The average Bonchev–Trinajstić information content (AvgIpc) is 2.73. The molecule has 1 unspecified atom stereocenters. The molecular weight excluding hydrogens is 477 g/mol. The van der Waals surface area contributed by atoms with E-state index in [0.717, 1.165) is 44.3 Å². The van der Waals surface area contributed by atoms with Crippen molar-refractivity contribution in [3.63, 3.8) is 0 Å². The van der Waals surface area contributed by atoms with Gasteiger partial charge in [0, 0.05) is 52.4 Å². The van der Waals surface area contributed by atoms with Gasteiger partial charge in [0.05, 0.1) is 7.11 Å². The van der Waals surface area contributed by atoms with Crippen LogP contribution in [0.3, 0.4) is 0 Å². The van der Waals surface area contributed by atoms with Crippen molar-refractivity contribution in [3.8, 4) is 5.75 Å². The molecule has 2 N–H and O–H groups in total. The van der Waals surface area contributed by atoms with E-state index in [1.165, 1.54) is 38.3 Å². The Morgan fingerprint density at radius 1 is 1.07 bits per heavy atom. The third-order valence-corrected chi connectivity index (χ3v) is 5.25. The number of ether oxygens (including phenoxy) is 1. The first-order valence-electron chi connectivity index (χ1n) is 10.7. The quantitative estimate of drug-likeness (QED) is 0.284. The summed E-state index contributed by atoms with van der Waals surface area (Å²) in [7, 11) is 1.70. The van der Waals surface area contributed by atoms with Crippen LogP contribution in [-0.2, 0) is 6.42 Å². The molecule has 0 aliphatic carbocycles. The predicted octanol–water partition coefficient (Wildman–Crippen LogP) is 2.68. The normalized spacial score (nSPS) is 16.8. The molecule has 29 heavy (non-hydrogen) atoms. The molecular formula is C22H40IN5O. The highest BCUT2D eigenvalue weighted by molar-refractivity contribution is 14.0. The second kappa shape index (κ2) is 14.8. The van der Waals surface area contributed by atoms with Gasteiger partial charge in [-0.1, -0.05) is 26.0 Å². The van der Waals surface area contributed by atoms with Gasteiger partial charge < -0.3 is 25.2 Å². The number of piperazine rings is 1. The molecule has 6 nitrogen and oxygen atoms in total. The lowest BCUT2D eigenvalue weighted by molar-refractivity contribution is 0.125. The molecule has 0 spiro atoms. The molecule has 0 bridgehead atoms. The number of benzene rings is 1. The highest BCUT2D eigenvalue weighted by atomic mass is 127. The number of methoxy groups -OCH3 is 1. The number of guanidine groups is 1. The van der Waals surface area contributed by atoms with Gasteiger partial charge in [-0.3, -0.25) is 4.99 Å². The van der Waals surface area contributed by atoms with Gasteiger partial charge in [-0.05, 0) is 43.5 Å². The maximum atomic E-state index is 5.21. The number of hydrogen-bond acceptors (Lipinski definition) is 4. The zero-order valence-corrected chi connectivity index (χ0v) is 20.9. The van der Waals surface area contributed by atoms with E-state index in [1.807, 2.05) is 12.1 Å². The van der Waals surface area contributed by atoms with Gasteiger partial charge in [0.1, 0.15) is 5.75 Å². The molecule has 0 radical (unpaired) electrons. The van der Waals surface area contributed by atoms with Crippen LogP contribution in [-0.4, -0.2) is 81.8 Å². The van der Waals surface area contributed by atoms with Crippen molar-refractivity contribution in [2.24, 2.45) is 10.9 Å². The largest absolute Gasteiger partial charge is 0.497 e. The van der Waals surface area contributed by atoms with Gasteiger partial charge in [-0.25, -0.2) is 0 Å². The van der Waals surface area contributed by atoms with Gasteiger partial charge in [0.2, 0.25) is 0 Å². The van der Waals surface area contributed by atoms with Crippen molar-refractivity contribution >= 4 is 29.9 Å². The summed E-state index contributed by atoms with van der Waals surface area (Å²) in [6, 6.07) is 8.25. The summed E-state index contributed by atoms with van der Waals surface area (Å²) >= 11 is 0. The Balaban J connectivity index is 0.00000420. The summed E-state index contributed by atoms with van der Waals surface area (Å²) in [6.45, 7) is 16.3. The fourth-order valence-corrected chi connectivity index (χ4v) is 3.49. The summed E-state index contributed by atoms with van der Waals surface area (Å²) in [5.41, 5.74) is 1.30. The number of aliphatic imine (C=N–C) groups is 1. The molecule has 0 aromatic heterocycles. The predicted molar refractivity (Wildman–Crippen MR) is 134 cm³/mol. The van der Waals surface area contributed by atoms with Gasteiger partial charge >= 0.3 is 0 Å². The molecule has 1 aromatic rings. The van der Waals surface area contributed by atoms with Crippen molar-refractivity contribution < 1.29 is 4.74 Å². The van der Waals surface area contributed by atoms with Crippen molar-refractivity contribution in [3.05, 3.63) is 29.8 Å². The lowest BCUT2D eigenvalue weighted by atomic mass is 10.1. The number of likely N-dealkylation sites (N-methyl/N-ethyl adjacent to an activating group) is 1. The number of nitrogens with one attached hydrogen (secondary N) is 2. The van der Waals surface area contributed by atoms with E-state index in [1.54, 1.807) is 7.11 Å². The van der Waals surface area contributed by atoms with Crippen LogP contribution in [0.5, 0.6) is 5.75 Å². The van der Waals surface area contributed by atoms with Crippen molar-refractivity contribution in [1.82, 2.24) is 20.4 Å². The van der Waals surface area contributed by atoms with Gasteiger partial charge in [0.15, 0.2) is 5.96 Å². The first kappa shape index (κ1) is 26.0. The summed E-state index contributed by atoms with van der Waals surface area (Å²) in [4.78, 5) is 9.91. The molecule has 7 heteroatoms.